The number of anilines is 1. The minimum absolute atomic E-state index is 0.232. The summed E-state index contributed by atoms with van der Waals surface area (Å²) < 4.78 is 5.15. The summed E-state index contributed by atoms with van der Waals surface area (Å²) in [5.41, 5.74) is 2.68. The molecule has 2 aromatic rings. The first kappa shape index (κ1) is 16.5. The molecule has 2 amide bonds. The third kappa shape index (κ3) is 4.85. The molecule has 5 nitrogen and oxygen atoms in total. The number of nitrogens with one attached hydrogen (secondary N) is 2. The van der Waals surface area contributed by atoms with Crippen LogP contribution in [0.5, 0.6) is 5.75 Å². The molecular formula is C18H20N2O3. The molecule has 0 aliphatic carbocycles. The van der Waals surface area contributed by atoms with Gasteiger partial charge in [-0.2, -0.15) is 0 Å². The third-order valence-electron chi connectivity index (χ3n) is 3.44. The van der Waals surface area contributed by atoms with Gasteiger partial charge in [0.25, 0.3) is 0 Å². The smallest absolute Gasteiger partial charge is 0.233 e. The van der Waals surface area contributed by atoms with E-state index in [4.69, 9.17) is 4.74 Å². The lowest BCUT2D eigenvalue weighted by Gasteiger charge is -2.10. The molecule has 0 bridgehead atoms. The van der Waals surface area contributed by atoms with Gasteiger partial charge in [-0.25, -0.2) is 0 Å². The Bertz CT molecular complexity index is 698. The molecule has 0 aliphatic rings. The molecule has 0 atom stereocenters. The molecule has 5 heteroatoms. The van der Waals surface area contributed by atoms with Crippen LogP contribution >= 0.6 is 0 Å². The van der Waals surface area contributed by atoms with Crippen molar-refractivity contribution in [2.24, 2.45) is 0 Å². The van der Waals surface area contributed by atoms with Crippen molar-refractivity contribution >= 4 is 17.5 Å². The quantitative estimate of drug-likeness (QED) is 0.806. The van der Waals surface area contributed by atoms with E-state index in [0.29, 0.717) is 18.0 Å². The molecule has 2 N–H and O–H groups in total. The fraction of sp³-hybridized carbons (Fsp3) is 0.222. The van der Waals surface area contributed by atoms with Crippen LogP contribution in [0.4, 0.5) is 5.69 Å². The van der Waals surface area contributed by atoms with Gasteiger partial charge >= 0.3 is 0 Å². The summed E-state index contributed by atoms with van der Waals surface area (Å²) in [6.07, 6.45) is -0.232. The Labute approximate surface area is 135 Å². The normalized spacial score (nSPS) is 10.0. The highest BCUT2D eigenvalue weighted by Crippen LogP contribution is 2.22. The molecule has 0 saturated heterocycles. The Kier molecular flexibility index (Phi) is 5.74. The molecule has 0 aliphatic heterocycles. The topological polar surface area (TPSA) is 67.4 Å². The third-order valence-corrected chi connectivity index (χ3v) is 3.44. The van der Waals surface area contributed by atoms with Crippen molar-refractivity contribution in [3.63, 3.8) is 0 Å². The Hall–Kier alpha value is -2.82. The number of aryl methyl sites for hydroxylation is 1. The van der Waals surface area contributed by atoms with Crippen LogP contribution in [0.2, 0.25) is 0 Å². The Balaban J connectivity index is 1.85. The highest BCUT2D eigenvalue weighted by molar-refractivity contribution is 6.04. The second-order valence-corrected chi connectivity index (χ2v) is 5.13. The van der Waals surface area contributed by atoms with Gasteiger partial charge in [-0.1, -0.05) is 36.4 Å². The molecule has 0 fully saturated rings. The van der Waals surface area contributed by atoms with Crippen LogP contribution in [0.3, 0.4) is 0 Å². The van der Waals surface area contributed by atoms with E-state index >= 15 is 0 Å². The van der Waals surface area contributed by atoms with Crippen LogP contribution in [-0.2, 0) is 16.1 Å². The van der Waals surface area contributed by atoms with Crippen molar-refractivity contribution in [2.45, 2.75) is 19.9 Å². The molecule has 0 heterocycles. The van der Waals surface area contributed by atoms with E-state index in [2.05, 4.69) is 10.6 Å². The van der Waals surface area contributed by atoms with Gasteiger partial charge in [-0.3, -0.25) is 9.59 Å². The lowest BCUT2D eigenvalue weighted by atomic mass is 10.1. The van der Waals surface area contributed by atoms with E-state index in [9.17, 15) is 9.59 Å². The van der Waals surface area contributed by atoms with Gasteiger partial charge in [0.15, 0.2) is 0 Å². The van der Waals surface area contributed by atoms with Gasteiger partial charge in [-0.05, 0) is 30.2 Å². The lowest BCUT2D eigenvalue weighted by molar-refractivity contribution is -0.126. The molecule has 0 radical (unpaired) electrons. The maximum Gasteiger partial charge on any atom is 0.233 e. The number of methoxy groups -OCH3 is 1. The SMILES string of the molecule is COc1ccccc1NC(=O)CC(=O)NCc1ccccc1C. The molecule has 2 aromatic carbocycles. The summed E-state index contributed by atoms with van der Waals surface area (Å²) in [7, 11) is 1.53. The first-order valence-electron chi connectivity index (χ1n) is 7.34. The number of ether oxygens (including phenoxy) is 1. The van der Waals surface area contributed by atoms with Crippen molar-refractivity contribution in [1.29, 1.82) is 0 Å². The minimum atomic E-state index is -0.378. The highest BCUT2D eigenvalue weighted by atomic mass is 16.5. The van der Waals surface area contributed by atoms with E-state index in [-0.39, 0.29) is 18.2 Å². The molecule has 2 rings (SSSR count). The van der Waals surface area contributed by atoms with E-state index in [1.807, 2.05) is 37.3 Å². The van der Waals surface area contributed by atoms with Gasteiger partial charge in [-0.15, -0.1) is 0 Å². The predicted molar refractivity (Wildman–Crippen MR) is 89.3 cm³/mol. The molecule has 0 aromatic heterocycles. The summed E-state index contributed by atoms with van der Waals surface area (Å²) in [5, 5.41) is 5.43. The maximum atomic E-state index is 11.9. The van der Waals surface area contributed by atoms with Crippen LogP contribution in [0.1, 0.15) is 17.5 Å². The zero-order valence-corrected chi connectivity index (χ0v) is 13.3. The number of para-hydroxylation sites is 2. The highest BCUT2D eigenvalue weighted by Gasteiger charge is 2.11. The zero-order valence-electron chi connectivity index (χ0n) is 13.3. The molecule has 0 saturated carbocycles. The molecule has 120 valence electrons. The van der Waals surface area contributed by atoms with Crippen molar-refractivity contribution in [1.82, 2.24) is 5.32 Å². The van der Waals surface area contributed by atoms with Crippen LogP contribution in [-0.4, -0.2) is 18.9 Å². The molecule has 0 spiro atoms. The summed E-state index contributed by atoms with van der Waals surface area (Å²) in [6.45, 7) is 2.39. The number of rotatable bonds is 6. The first-order chi connectivity index (χ1) is 11.1. The average Bonchev–Trinajstić information content (AvgIpc) is 2.54. The second kappa shape index (κ2) is 7.98. The Morgan fingerprint density at radius 2 is 1.70 bits per heavy atom. The standard InChI is InChI=1S/C18H20N2O3/c1-13-7-3-4-8-14(13)12-19-17(21)11-18(22)20-15-9-5-6-10-16(15)23-2/h3-10H,11-12H2,1-2H3,(H,19,21)(H,20,22). The maximum absolute atomic E-state index is 11.9. The van der Waals surface area contributed by atoms with Crippen LogP contribution in [0.25, 0.3) is 0 Å². The number of hydrogen-bond acceptors (Lipinski definition) is 3. The van der Waals surface area contributed by atoms with E-state index in [0.717, 1.165) is 11.1 Å². The minimum Gasteiger partial charge on any atom is -0.495 e. The number of amides is 2. The first-order valence-corrected chi connectivity index (χ1v) is 7.34. The average molecular weight is 312 g/mol. The fourth-order valence-electron chi connectivity index (χ4n) is 2.15. The van der Waals surface area contributed by atoms with Crippen LogP contribution < -0.4 is 15.4 Å². The van der Waals surface area contributed by atoms with Crippen LogP contribution in [0.15, 0.2) is 48.5 Å². The summed E-state index contributed by atoms with van der Waals surface area (Å²) in [6, 6.07) is 14.9. The Morgan fingerprint density at radius 3 is 2.43 bits per heavy atom. The number of hydrogen-bond donors (Lipinski definition) is 2. The van der Waals surface area contributed by atoms with Gasteiger partial charge < -0.3 is 15.4 Å². The summed E-state index contributed by atoms with van der Waals surface area (Å²) in [4.78, 5) is 23.8. The Morgan fingerprint density at radius 1 is 1.00 bits per heavy atom. The van der Waals surface area contributed by atoms with Crippen molar-refractivity contribution in [2.75, 3.05) is 12.4 Å². The number of benzene rings is 2. The van der Waals surface area contributed by atoms with E-state index in [1.54, 1.807) is 18.2 Å². The van der Waals surface area contributed by atoms with Gasteiger partial charge in [0.1, 0.15) is 12.2 Å². The molecule has 23 heavy (non-hydrogen) atoms. The van der Waals surface area contributed by atoms with Crippen LogP contribution in [0, 0.1) is 6.92 Å². The van der Waals surface area contributed by atoms with E-state index in [1.165, 1.54) is 7.11 Å². The summed E-state index contributed by atoms with van der Waals surface area (Å²) in [5.74, 6) is -0.140. The molecular weight excluding hydrogens is 292 g/mol. The van der Waals surface area contributed by atoms with Crippen molar-refractivity contribution in [3.05, 3.63) is 59.7 Å². The van der Waals surface area contributed by atoms with Gasteiger partial charge in [0, 0.05) is 6.54 Å². The van der Waals surface area contributed by atoms with Gasteiger partial charge in [0.2, 0.25) is 11.8 Å². The monoisotopic (exact) mass is 312 g/mol. The van der Waals surface area contributed by atoms with Gasteiger partial charge in [0.05, 0.1) is 12.8 Å². The van der Waals surface area contributed by atoms with Crippen molar-refractivity contribution < 1.29 is 14.3 Å². The molecule has 0 unspecified atom stereocenters. The lowest BCUT2D eigenvalue weighted by Crippen LogP contribution is -2.28. The fourth-order valence-corrected chi connectivity index (χ4v) is 2.15. The second-order valence-electron chi connectivity index (χ2n) is 5.13. The number of carbonyl (C=O) groups is 2. The summed E-state index contributed by atoms with van der Waals surface area (Å²) >= 11 is 0. The largest absolute Gasteiger partial charge is 0.495 e. The number of carbonyl (C=O) groups excluding carboxylic acids is 2. The predicted octanol–water partition coefficient (Wildman–Crippen LogP) is 2.65. The zero-order chi connectivity index (χ0) is 16.7. The van der Waals surface area contributed by atoms with Crippen molar-refractivity contribution in [3.8, 4) is 5.75 Å². The van der Waals surface area contributed by atoms with E-state index < -0.39 is 0 Å².